The summed E-state index contributed by atoms with van der Waals surface area (Å²) >= 11 is 0. The quantitative estimate of drug-likeness (QED) is 0.894. The monoisotopic (exact) mass is 264 g/mol. The molecule has 0 unspecified atom stereocenters. The largest absolute Gasteiger partial charge is 0.478 e. The molecule has 0 aliphatic rings. The molecule has 0 aliphatic carbocycles. The van der Waals surface area contributed by atoms with Crippen LogP contribution in [0.4, 0.5) is 20.3 Å². The second-order valence-electron chi connectivity index (χ2n) is 3.93. The molecule has 4 nitrogen and oxygen atoms in total. The van der Waals surface area contributed by atoms with Crippen LogP contribution in [0.2, 0.25) is 0 Å². The molecule has 0 spiro atoms. The van der Waals surface area contributed by atoms with Crippen LogP contribution >= 0.6 is 0 Å². The summed E-state index contributed by atoms with van der Waals surface area (Å²) in [7, 11) is 0. The van der Waals surface area contributed by atoms with Gasteiger partial charge in [0.25, 0.3) is 0 Å². The summed E-state index contributed by atoms with van der Waals surface area (Å²) in [5.74, 6) is -3.49. The average molecular weight is 264 g/mol. The Kier molecular flexibility index (Phi) is 3.41. The van der Waals surface area contributed by atoms with E-state index >= 15 is 0 Å². The van der Waals surface area contributed by atoms with Gasteiger partial charge in [0.15, 0.2) is 11.6 Å². The Morgan fingerprint density at radius 1 is 1.26 bits per heavy atom. The van der Waals surface area contributed by atoms with E-state index in [4.69, 9.17) is 5.11 Å². The molecule has 0 amide bonds. The third-order valence-electron chi connectivity index (χ3n) is 2.49. The first-order valence-electron chi connectivity index (χ1n) is 5.40. The van der Waals surface area contributed by atoms with Crippen LogP contribution in [0.3, 0.4) is 0 Å². The zero-order valence-corrected chi connectivity index (χ0v) is 9.95. The van der Waals surface area contributed by atoms with Gasteiger partial charge in [-0.15, -0.1) is 0 Å². The van der Waals surface area contributed by atoms with Crippen molar-refractivity contribution in [3.63, 3.8) is 0 Å². The van der Waals surface area contributed by atoms with Gasteiger partial charge in [0.1, 0.15) is 5.82 Å². The average Bonchev–Trinajstić information content (AvgIpc) is 2.37. The molecule has 19 heavy (non-hydrogen) atoms. The number of hydrogen-bond donors (Lipinski definition) is 2. The fourth-order valence-corrected chi connectivity index (χ4v) is 1.52. The number of anilines is 2. The number of pyridine rings is 1. The van der Waals surface area contributed by atoms with Crippen LogP contribution in [0.5, 0.6) is 0 Å². The molecule has 1 heterocycles. The van der Waals surface area contributed by atoms with Gasteiger partial charge in [-0.3, -0.25) is 0 Å². The van der Waals surface area contributed by atoms with E-state index in [-0.39, 0.29) is 11.4 Å². The van der Waals surface area contributed by atoms with Crippen LogP contribution in [0.25, 0.3) is 0 Å². The van der Waals surface area contributed by atoms with Crippen molar-refractivity contribution >= 4 is 17.5 Å². The summed E-state index contributed by atoms with van der Waals surface area (Å²) in [5.41, 5.74) is 0.0915. The van der Waals surface area contributed by atoms with E-state index in [0.717, 1.165) is 17.7 Å². The number of nitrogens with one attached hydrogen (secondary N) is 1. The number of carboxylic acids is 1. The molecule has 0 saturated carbocycles. The van der Waals surface area contributed by atoms with E-state index in [1.807, 2.05) is 6.92 Å². The molecular formula is C13H10F2N2O2. The topological polar surface area (TPSA) is 62.2 Å². The minimum Gasteiger partial charge on any atom is -0.478 e. The first-order chi connectivity index (χ1) is 8.99. The van der Waals surface area contributed by atoms with Crippen LogP contribution < -0.4 is 5.32 Å². The van der Waals surface area contributed by atoms with Crippen LogP contribution in [0.1, 0.15) is 15.9 Å². The van der Waals surface area contributed by atoms with E-state index in [1.54, 1.807) is 12.1 Å². The SMILES string of the molecule is Cc1ccc(Nc2c(C(=O)O)ccc(F)c2F)nc1. The first kappa shape index (κ1) is 12.9. The van der Waals surface area contributed by atoms with Crippen molar-refractivity contribution in [3.05, 3.63) is 53.2 Å². The Bertz CT molecular complexity index is 627. The minimum atomic E-state index is -1.35. The van der Waals surface area contributed by atoms with Crippen molar-refractivity contribution < 1.29 is 18.7 Å². The number of carbonyl (C=O) groups is 1. The van der Waals surface area contributed by atoms with Crippen molar-refractivity contribution in [2.75, 3.05) is 5.32 Å². The summed E-state index contributed by atoms with van der Waals surface area (Å²) < 4.78 is 26.8. The standard InChI is InChI=1S/C13H10F2N2O2/c1-7-2-5-10(16-6-7)17-12-8(13(18)19)3-4-9(14)11(12)15/h2-6H,1H3,(H,16,17)(H,18,19). The van der Waals surface area contributed by atoms with Gasteiger partial charge < -0.3 is 10.4 Å². The van der Waals surface area contributed by atoms with Crippen LogP contribution in [-0.4, -0.2) is 16.1 Å². The lowest BCUT2D eigenvalue weighted by atomic mass is 10.1. The molecule has 0 radical (unpaired) electrons. The molecule has 2 aromatic rings. The third-order valence-corrected chi connectivity index (χ3v) is 2.49. The summed E-state index contributed by atoms with van der Waals surface area (Å²) in [6.45, 7) is 1.82. The Balaban J connectivity index is 2.46. The zero-order valence-electron chi connectivity index (χ0n) is 9.95. The molecule has 1 aromatic heterocycles. The Hall–Kier alpha value is -2.50. The molecule has 6 heteroatoms. The van der Waals surface area contributed by atoms with Crippen LogP contribution in [-0.2, 0) is 0 Å². The van der Waals surface area contributed by atoms with Crippen molar-refractivity contribution in [3.8, 4) is 0 Å². The van der Waals surface area contributed by atoms with Gasteiger partial charge in [-0.2, -0.15) is 0 Å². The maximum atomic E-state index is 13.7. The van der Waals surface area contributed by atoms with Gasteiger partial charge >= 0.3 is 5.97 Å². The minimum absolute atomic E-state index is 0.234. The highest BCUT2D eigenvalue weighted by Crippen LogP contribution is 2.25. The normalized spacial score (nSPS) is 10.3. The lowest BCUT2D eigenvalue weighted by Crippen LogP contribution is -2.07. The molecule has 0 bridgehead atoms. The molecule has 0 fully saturated rings. The fourth-order valence-electron chi connectivity index (χ4n) is 1.52. The van der Waals surface area contributed by atoms with E-state index in [9.17, 15) is 13.6 Å². The van der Waals surface area contributed by atoms with Gasteiger partial charge in [-0.1, -0.05) is 6.07 Å². The van der Waals surface area contributed by atoms with Crippen molar-refractivity contribution in [2.45, 2.75) is 6.92 Å². The van der Waals surface area contributed by atoms with Crippen LogP contribution in [0, 0.1) is 18.6 Å². The highest BCUT2D eigenvalue weighted by atomic mass is 19.2. The van der Waals surface area contributed by atoms with Crippen molar-refractivity contribution in [1.29, 1.82) is 0 Å². The Labute approximate surface area is 107 Å². The van der Waals surface area contributed by atoms with E-state index in [1.165, 1.54) is 6.20 Å². The highest BCUT2D eigenvalue weighted by molar-refractivity contribution is 5.95. The number of halogens is 2. The number of aromatic carboxylic acids is 1. The lowest BCUT2D eigenvalue weighted by molar-refractivity contribution is 0.0697. The van der Waals surface area contributed by atoms with Gasteiger partial charge in [0, 0.05) is 6.20 Å². The van der Waals surface area contributed by atoms with E-state index < -0.39 is 23.3 Å². The number of aryl methyl sites for hydroxylation is 1. The highest BCUT2D eigenvalue weighted by Gasteiger charge is 2.18. The third kappa shape index (κ3) is 2.67. The summed E-state index contributed by atoms with van der Waals surface area (Å²) in [6, 6.07) is 5.03. The number of nitrogens with zero attached hydrogens (tertiary/aromatic N) is 1. The fraction of sp³-hybridized carbons (Fsp3) is 0.0769. The molecule has 98 valence electrons. The molecule has 1 aromatic carbocycles. The van der Waals surface area contributed by atoms with Gasteiger partial charge in [0.2, 0.25) is 0 Å². The van der Waals surface area contributed by atoms with Gasteiger partial charge in [-0.05, 0) is 30.7 Å². The maximum absolute atomic E-state index is 13.7. The molecule has 2 N–H and O–H groups in total. The summed E-state index contributed by atoms with van der Waals surface area (Å²) in [6.07, 6.45) is 1.53. The first-order valence-corrected chi connectivity index (χ1v) is 5.40. The lowest BCUT2D eigenvalue weighted by Gasteiger charge is -2.10. The zero-order chi connectivity index (χ0) is 14.0. The number of rotatable bonds is 3. The predicted octanol–water partition coefficient (Wildman–Crippen LogP) is 3.11. The predicted molar refractivity (Wildman–Crippen MR) is 65.6 cm³/mol. The second-order valence-corrected chi connectivity index (χ2v) is 3.93. The number of carboxylic acid groups (broad SMARTS) is 1. The molecule has 0 aliphatic heterocycles. The molecular weight excluding hydrogens is 254 g/mol. The number of benzene rings is 1. The summed E-state index contributed by atoms with van der Waals surface area (Å²) in [4.78, 5) is 14.9. The van der Waals surface area contributed by atoms with Crippen molar-refractivity contribution in [2.24, 2.45) is 0 Å². The molecule has 0 atom stereocenters. The van der Waals surface area contributed by atoms with Gasteiger partial charge in [-0.25, -0.2) is 18.6 Å². The summed E-state index contributed by atoms with van der Waals surface area (Å²) in [5, 5.41) is 11.4. The van der Waals surface area contributed by atoms with Crippen molar-refractivity contribution in [1.82, 2.24) is 4.98 Å². The Morgan fingerprint density at radius 3 is 2.58 bits per heavy atom. The maximum Gasteiger partial charge on any atom is 0.337 e. The number of hydrogen-bond acceptors (Lipinski definition) is 3. The molecule has 0 saturated heterocycles. The van der Waals surface area contributed by atoms with E-state index in [0.29, 0.717) is 0 Å². The van der Waals surface area contributed by atoms with Crippen LogP contribution in [0.15, 0.2) is 30.5 Å². The second kappa shape index (κ2) is 5.01. The van der Waals surface area contributed by atoms with Gasteiger partial charge in [0.05, 0.1) is 11.3 Å². The van der Waals surface area contributed by atoms with E-state index in [2.05, 4.69) is 10.3 Å². The number of aromatic nitrogens is 1. The molecule has 2 rings (SSSR count). The Morgan fingerprint density at radius 2 is 2.00 bits per heavy atom. The smallest absolute Gasteiger partial charge is 0.337 e.